The van der Waals surface area contributed by atoms with Crippen molar-refractivity contribution in [1.29, 1.82) is 0 Å². The van der Waals surface area contributed by atoms with Gasteiger partial charge in [-0.1, -0.05) is 0 Å². The number of guanidine groups is 1. The van der Waals surface area contributed by atoms with E-state index in [9.17, 15) is 4.79 Å². The van der Waals surface area contributed by atoms with Gasteiger partial charge >= 0.3 is 0 Å². The summed E-state index contributed by atoms with van der Waals surface area (Å²) in [5, 5.41) is 6.41. The van der Waals surface area contributed by atoms with Crippen molar-refractivity contribution in [1.82, 2.24) is 10.2 Å². The molecule has 2 N–H and O–H groups in total. The molecular weight excluding hydrogens is 360 g/mol. The standard InChI is InChI=1S/C20H28N4O4/c1-5-27-17-9-8-15(13-18(17)26-4)23-20(22-14-19(25)24(2)3)21-11-10-16-7-6-12-28-16/h6-9,12-13H,5,10-11,14H2,1-4H3,(H2,21,22,23). The average Bonchev–Trinajstić information content (AvgIpc) is 3.20. The third-order valence-electron chi connectivity index (χ3n) is 3.84. The number of benzene rings is 1. The Morgan fingerprint density at radius 3 is 2.71 bits per heavy atom. The molecule has 152 valence electrons. The van der Waals surface area contributed by atoms with E-state index in [0.717, 1.165) is 11.4 Å². The highest BCUT2D eigenvalue weighted by molar-refractivity contribution is 5.95. The van der Waals surface area contributed by atoms with Crippen LogP contribution in [-0.2, 0) is 11.2 Å². The topological polar surface area (TPSA) is 88.3 Å². The van der Waals surface area contributed by atoms with Gasteiger partial charge in [0, 0.05) is 38.8 Å². The fourth-order valence-corrected chi connectivity index (χ4v) is 2.34. The van der Waals surface area contributed by atoms with Gasteiger partial charge in [0.25, 0.3) is 0 Å². The van der Waals surface area contributed by atoms with E-state index in [1.807, 2.05) is 37.3 Å². The summed E-state index contributed by atoms with van der Waals surface area (Å²) < 4.78 is 16.3. The molecule has 8 heteroatoms. The molecular formula is C20H28N4O4. The Balaban J connectivity index is 2.08. The van der Waals surface area contributed by atoms with E-state index in [2.05, 4.69) is 15.6 Å². The number of methoxy groups -OCH3 is 1. The number of furan rings is 1. The van der Waals surface area contributed by atoms with Gasteiger partial charge in [-0.15, -0.1) is 0 Å². The molecule has 8 nitrogen and oxygen atoms in total. The fraction of sp³-hybridized carbons (Fsp3) is 0.400. The third-order valence-corrected chi connectivity index (χ3v) is 3.84. The quantitative estimate of drug-likeness (QED) is 0.507. The number of ether oxygens (including phenoxy) is 2. The molecule has 1 aromatic carbocycles. The molecule has 28 heavy (non-hydrogen) atoms. The first-order valence-corrected chi connectivity index (χ1v) is 9.12. The molecule has 0 aliphatic carbocycles. The molecule has 1 heterocycles. The maximum Gasteiger partial charge on any atom is 0.243 e. The van der Waals surface area contributed by atoms with Crippen molar-refractivity contribution in [3.05, 3.63) is 42.4 Å². The lowest BCUT2D eigenvalue weighted by Crippen LogP contribution is -2.34. The Morgan fingerprint density at radius 2 is 2.07 bits per heavy atom. The van der Waals surface area contributed by atoms with Crippen LogP contribution in [0, 0.1) is 0 Å². The summed E-state index contributed by atoms with van der Waals surface area (Å²) in [5.74, 6) is 2.57. The van der Waals surface area contributed by atoms with Crippen LogP contribution in [0.2, 0.25) is 0 Å². The average molecular weight is 388 g/mol. The van der Waals surface area contributed by atoms with Crippen molar-refractivity contribution in [2.24, 2.45) is 4.99 Å². The molecule has 0 bridgehead atoms. The van der Waals surface area contributed by atoms with Gasteiger partial charge < -0.3 is 29.4 Å². The van der Waals surface area contributed by atoms with Crippen LogP contribution in [0.15, 0.2) is 46.0 Å². The van der Waals surface area contributed by atoms with Crippen LogP contribution in [0.3, 0.4) is 0 Å². The lowest BCUT2D eigenvalue weighted by molar-refractivity contribution is -0.127. The number of nitrogens with one attached hydrogen (secondary N) is 2. The Bertz CT molecular complexity index is 773. The van der Waals surface area contributed by atoms with Crippen molar-refractivity contribution in [3.63, 3.8) is 0 Å². The van der Waals surface area contributed by atoms with Crippen LogP contribution in [-0.4, -0.2) is 57.7 Å². The van der Waals surface area contributed by atoms with Crippen molar-refractivity contribution in [2.75, 3.05) is 46.2 Å². The monoisotopic (exact) mass is 388 g/mol. The van der Waals surface area contributed by atoms with Crippen LogP contribution < -0.4 is 20.1 Å². The summed E-state index contributed by atoms with van der Waals surface area (Å²) in [5.41, 5.74) is 0.766. The Labute approximate surface area is 165 Å². The smallest absolute Gasteiger partial charge is 0.243 e. The highest BCUT2D eigenvalue weighted by Crippen LogP contribution is 2.30. The molecule has 1 amide bonds. The van der Waals surface area contributed by atoms with E-state index in [0.29, 0.717) is 37.0 Å². The molecule has 0 unspecified atom stereocenters. The number of nitrogens with zero attached hydrogens (tertiary/aromatic N) is 2. The molecule has 2 rings (SSSR count). The predicted octanol–water partition coefficient (Wildman–Crippen LogP) is 2.38. The van der Waals surface area contributed by atoms with Crippen molar-refractivity contribution in [2.45, 2.75) is 13.3 Å². The molecule has 2 aromatic rings. The number of rotatable bonds is 9. The highest BCUT2D eigenvalue weighted by Gasteiger charge is 2.09. The van der Waals surface area contributed by atoms with E-state index < -0.39 is 0 Å². The maximum absolute atomic E-state index is 11.9. The van der Waals surface area contributed by atoms with Crippen LogP contribution >= 0.6 is 0 Å². The number of hydrogen-bond acceptors (Lipinski definition) is 5. The number of hydrogen-bond donors (Lipinski definition) is 2. The van der Waals surface area contributed by atoms with Crippen molar-refractivity contribution < 1.29 is 18.7 Å². The van der Waals surface area contributed by atoms with E-state index in [4.69, 9.17) is 13.9 Å². The second-order valence-electron chi connectivity index (χ2n) is 6.13. The predicted molar refractivity (Wildman–Crippen MR) is 109 cm³/mol. The molecule has 1 aromatic heterocycles. The number of carbonyl (C=O) groups excluding carboxylic acids is 1. The second kappa shape index (κ2) is 10.9. The zero-order chi connectivity index (χ0) is 20.4. The van der Waals surface area contributed by atoms with Crippen LogP contribution in [0.4, 0.5) is 5.69 Å². The lowest BCUT2D eigenvalue weighted by Gasteiger charge is -2.15. The first kappa shape index (κ1) is 21.1. The summed E-state index contributed by atoms with van der Waals surface area (Å²) in [6.07, 6.45) is 2.34. The maximum atomic E-state index is 11.9. The largest absolute Gasteiger partial charge is 0.493 e. The normalized spacial score (nSPS) is 11.1. The number of anilines is 1. The minimum Gasteiger partial charge on any atom is -0.493 e. The molecule has 0 saturated heterocycles. The molecule has 0 atom stereocenters. The first-order valence-electron chi connectivity index (χ1n) is 9.12. The zero-order valence-electron chi connectivity index (χ0n) is 16.8. The molecule has 0 radical (unpaired) electrons. The Hall–Kier alpha value is -3.16. The van der Waals surface area contributed by atoms with Crippen LogP contribution in [0.25, 0.3) is 0 Å². The van der Waals surface area contributed by atoms with Gasteiger partial charge in [0.1, 0.15) is 12.3 Å². The number of likely N-dealkylation sites (N-methyl/N-ethyl adjacent to an activating group) is 1. The van der Waals surface area contributed by atoms with E-state index >= 15 is 0 Å². The summed E-state index contributed by atoms with van der Waals surface area (Å²) >= 11 is 0. The van der Waals surface area contributed by atoms with Gasteiger partial charge in [-0.2, -0.15) is 0 Å². The van der Waals surface area contributed by atoms with Gasteiger partial charge in [-0.25, -0.2) is 4.99 Å². The minimum atomic E-state index is -0.0867. The summed E-state index contributed by atoms with van der Waals surface area (Å²) in [4.78, 5) is 17.8. The molecule has 0 fully saturated rings. The second-order valence-corrected chi connectivity index (χ2v) is 6.13. The van der Waals surface area contributed by atoms with Crippen LogP contribution in [0.1, 0.15) is 12.7 Å². The van der Waals surface area contributed by atoms with E-state index in [1.54, 1.807) is 27.5 Å². The Morgan fingerprint density at radius 1 is 1.25 bits per heavy atom. The zero-order valence-corrected chi connectivity index (χ0v) is 16.8. The fourth-order valence-electron chi connectivity index (χ4n) is 2.34. The summed E-state index contributed by atoms with van der Waals surface area (Å²) in [7, 11) is 4.99. The third kappa shape index (κ3) is 6.53. The Kier molecular flexibility index (Phi) is 8.20. The summed E-state index contributed by atoms with van der Waals surface area (Å²) in [6.45, 7) is 3.11. The number of aliphatic imine (C=N–C) groups is 1. The van der Waals surface area contributed by atoms with E-state index in [1.165, 1.54) is 4.90 Å². The van der Waals surface area contributed by atoms with Gasteiger partial charge in [-0.05, 0) is 31.2 Å². The molecule has 0 spiro atoms. The van der Waals surface area contributed by atoms with Gasteiger partial charge in [0.05, 0.1) is 20.0 Å². The van der Waals surface area contributed by atoms with Gasteiger partial charge in [0.2, 0.25) is 5.91 Å². The van der Waals surface area contributed by atoms with Crippen LogP contribution in [0.5, 0.6) is 11.5 Å². The summed E-state index contributed by atoms with van der Waals surface area (Å²) in [6, 6.07) is 9.28. The van der Waals surface area contributed by atoms with E-state index in [-0.39, 0.29) is 12.5 Å². The van der Waals surface area contributed by atoms with Crippen molar-refractivity contribution >= 4 is 17.6 Å². The first-order chi connectivity index (χ1) is 13.5. The van der Waals surface area contributed by atoms with Gasteiger partial charge in [0.15, 0.2) is 17.5 Å². The number of amides is 1. The van der Waals surface area contributed by atoms with Gasteiger partial charge in [-0.3, -0.25) is 4.79 Å². The SMILES string of the molecule is CCOc1ccc(NC(=NCC(=O)N(C)C)NCCc2ccco2)cc1OC. The minimum absolute atomic E-state index is 0.0389. The lowest BCUT2D eigenvalue weighted by atomic mass is 10.2. The molecule has 0 aliphatic heterocycles. The number of carbonyl (C=O) groups is 1. The highest BCUT2D eigenvalue weighted by atomic mass is 16.5. The molecule has 0 aliphatic rings. The van der Waals surface area contributed by atoms with Crippen molar-refractivity contribution in [3.8, 4) is 11.5 Å². The molecule has 0 saturated carbocycles.